The second-order valence-corrected chi connectivity index (χ2v) is 25.4. The van der Waals surface area contributed by atoms with Gasteiger partial charge in [-0.05, 0) is 155 Å². The molecule has 2 heterocycles. The number of unbranched alkanes of at least 4 members (excludes halogenated alkanes) is 2. The topological polar surface area (TPSA) is 294 Å². The largest absolute Gasteiger partial charge is 0.465 e. The van der Waals surface area contributed by atoms with Crippen LogP contribution in [-0.2, 0) is 19.1 Å². The van der Waals surface area contributed by atoms with Crippen molar-refractivity contribution in [2.45, 2.75) is 185 Å². The highest BCUT2D eigenvalue weighted by Crippen LogP contribution is 2.74. The lowest BCUT2D eigenvalue weighted by Crippen LogP contribution is -2.68. The molecule has 1 saturated heterocycles. The van der Waals surface area contributed by atoms with E-state index in [0.717, 1.165) is 37.7 Å². The lowest BCUT2D eigenvalue weighted by atomic mass is 9.39. The van der Waals surface area contributed by atoms with Crippen molar-refractivity contribution in [3.8, 4) is 11.8 Å². The SMILES string of the molecule is CCCCCC12CC(O)C(O)CC1(C)C1CCC3(CCN=C(N)N)C4C(CC#CC(C5COC(=O)C5c5cc[nH]c5)CC5C6CC(C)CCC6=CCC5C(C(O)O)CC(O)C4(C)O)CC3(O)C1=C(NCC(C)=O)C2=O. The van der Waals surface area contributed by atoms with Gasteiger partial charge in [-0.1, -0.05) is 57.6 Å². The predicted molar refractivity (Wildman–Crippen MR) is 281 cm³/mol. The number of ketones is 2. The fourth-order valence-corrected chi connectivity index (χ4v) is 17.9. The average Bonchev–Trinajstić information content (AvgIpc) is 4.11. The average molecular weight is 1040 g/mol. The lowest BCUT2D eigenvalue weighted by molar-refractivity contribution is -0.205. The van der Waals surface area contributed by atoms with Crippen molar-refractivity contribution < 1.29 is 54.9 Å². The Morgan fingerprint density at radius 1 is 1.00 bits per heavy atom. The lowest BCUT2D eigenvalue weighted by Gasteiger charge is -2.66. The van der Waals surface area contributed by atoms with E-state index in [0.29, 0.717) is 43.6 Å². The first kappa shape index (κ1) is 55.7. The minimum atomic E-state index is -2.02. The maximum absolute atomic E-state index is 16.0. The highest BCUT2D eigenvalue weighted by Gasteiger charge is 2.76. The molecule has 1 aromatic rings. The molecule has 5 fully saturated rings. The van der Waals surface area contributed by atoms with E-state index in [1.54, 1.807) is 13.1 Å². The number of esters is 1. The molecule has 75 heavy (non-hydrogen) atoms. The molecule has 0 radical (unpaired) electrons. The number of carbonyl (C=O) groups is 3. The van der Waals surface area contributed by atoms with E-state index < -0.39 is 87.6 Å². The number of aliphatic imine (C=N–C) groups is 1. The summed E-state index contributed by atoms with van der Waals surface area (Å²) in [5.74, 6) is 1.97. The molecule has 19 unspecified atom stereocenters. The summed E-state index contributed by atoms with van der Waals surface area (Å²) in [4.78, 5) is 50.3. The maximum Gasteiger partial charge on any atom is 0.313 e. The first-order valence-corrected chi connectivity index (χ1v) is 28.4. The number of aromatic amines is 1. The number of Topliss-reactive ketones (excluding diaryl/α,β-unsaturated/α-hetero) is 2. The minimum absolute atomic E-state index is 0.0123. The predicted octanol–water partition coefficient (Wildman–Crippen LogP) is 4.64. The smallest absolute Gasteiger partial charge is 0.313 e. The Bertz CT molecular complexity index is 2460. The normalized spacial score (nSPS) is 43.6. The number of rotatable bonds is 13. The third-order valence-electron chi connectivity index (χ3n) is 21.4. The number of H-pyrrole nitrogens is 1. The summed E-state index contributed by atoms with van der Waals surface area (Å²) in [5, 5.41) is 90.7. The van der Waals surface area contributed by atoms with E-state index in [1.807, 2.05) is 19.2 Å². The van der Waals surface area contributed by atoms with Gasteiger partial charge < -0.3 is 62.3 Å². The Morgan fingerprint density at radius 2 is 1.76 bits per heavy atom. The molecule has 8 aliphatic rings. The fraction of sp³-hybridized carbons (Fsp3) is 0.763. The summed E-state index contributed by atoms with van der Waals surface area (Å²) in [7, 11) is 0. The fourth-order valence-electron chi connectivity index (χ4n) is 17.9. The van der Waals surface area contributed by atoms with Crippen LogP contribution in [0.5, 0.6) is 0 Å². The molecule has 414 valence electrons. The molecule has 4 saturated carbocycles. The standard InChI is InChI=1S/C59H87N5O11/c1-6-7-8-18-58-28-45(67)44(66)27-55(58,4)43-16-19-57(20-22-63-54(60)61)50-36(26-59(57,74)48(43)49(51(58)69)64-29-33(3)65)11-9-10-35(42-31-75-53(72)47(42)37-17-21-62-30-37)24-40-38(15-14-34-13-12-32(2)23-39(34)40)41(52(70)71)25-46(68)56(50,5)73/h14,17,21,30,32,35-36,38-47,50,52,62,64,66-68,70-71,73-74H,6-8,11-13,15-16,18-20,22-29,31H2,1-5H3,(H4,60,61,63). The zero-order valence-corrected chi connectivity index (χ0v) is 45.0. The third kappa shape index (κ3) is 9.43. The van der Waals surface area contributed by atoms with Crippen molar-refractivity contribution >= 4 is 23.5 Å². The molecule has 9 rings (SSSR count). The van der Waals surface area contributed by atoms with Crippen molar-refractivity contribution in [1.82, 2.24) is 10.3 Å². The maximum atomic E-state index is 16.0. The van der Waals surface area contributed by atoms with Gasteiger partial charge in [0.2, 0.25) is 0 Å². The number of carbonyl (C=O) groups excluding carboxylic acids is 3. The Balaban J connectivity index is 1.25. The molecule has 19 atom stereocenters. The quantitative estimate of drug-likeness (QED) is 0.0244. The number of hydrogen-bond acceptors (Lipinski definition) is 13. The van der Waals surface area contributed by atoms with Crippen LogP contribution in [0.25, 0.3) is 0 Å². The second-order valence-electron chi connectivity index (χ2n) is 25.4. The summed E-state index contributed by atoms with van der Waals surface area (Å²) in [5.41, 5.74) is 7.27. The molecule has 16 nitrogen and oxygen atoms in total. The van der Waals surface area contributed by atoms with Gasteiger partial charge in [-0.3, -0.25) is 19.4 Å². The first-order chi connectivity index (χ1) is 35.5. The van der Waals surface area contributed by atoms with E-state index in [1.165, 1.54) is 12.5 Å². The number of ether oxygens (including phenoxy) is 1. The van der Waals surface area contributed by atoms with Gasteiger partial charge in [0.15, 0.2) is 18.0 Å². The third-order valence-corrected chi connectivity index (χ3v) is 21.4. The van der Waals surface area contributed by atoms with E-state index in [-0.39, 0.29) is 118 Å². The molecule has 16 heteroatoms. The number of nitrogens with two attached hydrogens (primary N) is 2. The number of hydrogen-bond donors (Lipinski definition) is 11. The molecule has 0 aromatic carbocycles. The Kier molecular flexibility index (Phi) is 15.8. The van der Waals surface area contributed by atoms with Gasteiger partial charge in [0, 0.05) is 59.9 Å². The van der Waals surface area contributed by atoms with Gasteiger partial charge in [0.1, 0.15) is 5.78 Å². The van der Waals surface area contributed by atoms with E-state index in [4.69, 9.17) is 16.2 Å². The Labute approximate surface area is 443 Å². The molecule has 0 spiro atoms. The van der Waals surface area contributed by atoms with Crippen molar-refractivity contribution in [2.24, 2.45) is 91.9 Å². The van der Waals surface area contributed by atoms with Gasteiger partial charge in [-0.15, -0.1) is 5.92 Å². The van der Waals surface area contributed by atoms with Gasteiger partial charge in [-0.2, -0.15) is 0 Å². The van der Waals surface area contributed by atoms with Crippen molar-refractivity contribution in [2.75, 3.05) is 19.7 Å². The summed E-state index contributed by atoms with van der Waals surface area (Å²) >= 11 is 0. The van der Waals surface area contributed by atoms with Crippen LogP contribution in [0, 0.1) is 87.3 Å². The molecule has 0 amide bonds. The molecule has 1 aliphatic heterocycles. The molecule has 1 aromatic heterocycles. The van der Waals surface area contributed by atoms with Gasteiger partial charge in [0.25, 0.3) is 0 Å². The zero-order valence-electron chi connectivity index (χ0n) is 45.0. The zero-order chi connectivity index (χ0) is 54.0. The van der Waals surface area contributed by atoms with Gasteiger partial charge in [0.05, 0.1) is 54.3 Å². The number of guanidine groups is 1. The van der Waals surface area contributed by atoms with Crippen LogP contribution in [0.2, 0.25) is 0 Å². The molecule has 13 N–H and O–H groups in total. The monoisotopic (exact) mass is 1040 g/mol. The number of aliphatic hydroxyl groups is 7. The molecule has 0 bridgehead atoms. The molecular formula is C59H87N5O11. The van der Waals surface area contributed by atoms with Crippen LogP contribution in [0.15, 0.2) is 46.4 Å². The van der Waals surface area contributed by atoms with E-state index in [2.05, 4.69) is 47.1 Å². The number of aliphatic hydroxyl groups excluding tert-OH is 4. The Hall–Kier alpha value is -4.08. The van der Waals surface area contributed by atoms with Crippen molar-refractivity contribution in [3.63, 3.8) is 0 Å². The Morgan fingerprint density at radius 3 is 2.45 bits per heavy atom. The summed E-state index contributed by atoms with van der Waals surface area (Å²) in [6.07, 6.45) is 7.77. The first-order valence-electron chi connectivity index (χ1n) is 28.4. The van der Waals surface area contributed by atoms with E-state index in [9.17, 15) is 45.3 Å². The number of nitrogens with zero attached hydrogens (tertiary/aromatic N) is 1. The number of allylic oxidation sites excluding steroid dienone is 3. The summed E-state index contributed by atoms with van der Waals surface area (Å²) in [6.45, 7) is 9.33. The van der Waals surface area contributed by atoms with Crippen LogP contribution in [-0.4, -0.2) is 120 Å². The van der Waals surface area contributed by atoms with Gasteiger partial charge >= 0.3 is 5.97 Å². The summed E-state index contributed by atoms with van der Waals surface area (Å²) in [6, 6.07) is 1.89. The molecular weight excluding hydrogens is 955 g/mol. The highest BCUT2D eigenvalue weighted by molar-refractivity contribution is 6.03. The van der Waals surface area contributed by atoms with Crippen molar-refractivity contribution in [3.05, 3.63) is 46.9 Å². The van der Waals surface area contributed by atoms with Crippen LogP contribution in [0.1, 0.15) is 155 Å². The van der Waals surface area contributed by atoms with Crippen LogP contribution >= 0.6 is 0 Å². The molecule has 7 aliphatic carbocycles. The second kappa shape index (κ2) is 21.3. The van der Waals surface area contributed by atoms with Crippen LogP contribution in [0.3, 0.4) is 0 Å². The van der Waals surface area contributed by atoms with Crippen LogP contribution in [0.4, 0.5) is 0 Å². The van der Waals surface area contributed by atoms with Gasteiger partial charge in [-0.25, -0.2) is 0 Å². The van der Waals surface area contributed by atoms with Crippen molar-refractivity contribution in [1.29, 1.82) is 0 Å². The summed E-state index contributed by atoms with van der Waals surface area (Å²) < 4.78 is 5.89. The minimum Gasteiger partial charge on any atom is -0.465 e. The number of nitrogens with one attached hydrogen (secondary N) is 2. The van der Waals surface area contributed by atoms with Crippen LogP contribution < -0.4 is 16.8 Å². The number of cyclic esters (lactones) is 1. The van der Waals surface area contributed by atoms with E-state index >= 15 is 4.79 Å². The highest BCUT2D eigenvalue weighted by atomic mass is 16.5. The number of fused-ring (bicyclic) bond motifs is 10. The number of aromatic nitrogens is 1.